The van der Waals surface area contributed by atoms with Crippen LogP contribution in [0.3, 0.4) is 0 Å². The quantitative estimate of drug-likeness (QED) is 0.338. The number of nitrogens with zero attached hydrogens (tertiary/aromatic N) is 2. The number of sulfonamides is 1. The van der Waals surface area contributed by atoms with Crippen LogP contribution in [0, 0.1) is 5.82 Å². The molecular formula is C31H38FN3O5S. The van der Waals surface area contributed by atoms with E-state index < -0.39 is 45.8 Å². The molecule has 0 heterocycles. The predicted octanol–water partition coefficient (Wildman–Crippen LogP) is 4.55. The van der Waals surface area contributed by atoms with Gasteiger partial charge in [0.25, 0.3) is 0 Å². The monoisotopic (exact) mass is 583 g/mol. The Labute approximate surface area is 242 Å². The van der Waals surface area contributed by atoms with Gasteiger partial charge in [0.1, 0.15) is 24.2 Å². The van der Waals surface area contributed by atoms with Crippen LogP contribution < -0.4 is 14.4 Å². The molecule has 0 bridgehead atoms. The summed E-state index contributed by atoms with van der Waals surface area (Å²) in [7, 11) is -3.92. The van der Waals surface area contributed by atoms with Crippen LogP contribution in [0.5, 0.6) is 5.75 Å². The molecule has 3 rings (SSSR count). The Morgan fingerprint density at radius 2 is 1.56 bits per heavy atom. The fourth-order valence-electron chi connectivity index (χ4n) is 4.31. The van der Waals surface area contributed by atoms with Crippen LogP contribution in [0.4, 0.5) is 10.1 Å². The van der Waals surface area contributed by atoms with E-state index in [1.165, 1.54) is 23.1 Å². The van der Waals surface area contributed by atoms with E-state index >= 15 is 0 Å². The summed E-state index contributed by atoms with van der Waals surface area (Å²) in [6.07, 6.45) is 1.15. The van der Waals surface area contributed by atoms with Gasteiger partial charge < -0.3 is 15.0 Å². The highest BCUT2D eigenvalue weighted by Gasteiger charge is 2.34. The van der Waals surface area contributed by atoms with Crippen molar-refractivity contribution in [1.82, 2.24) is 10.2 Å². The third-order valence-corrected chi connectivity index (χ3v) is 7.32. The number of anilines is 1. The van der Waals surface area contributed by atoms with Gasteiger partial charge >= 0.3 is 0 Å². The highest BCUT2D eigenvalue weighted by molar-refractivity contribution is 7.92. The van der Waals surface area contributed by atoms with E-state index in [1.807, 2.05) is 58.0 Å². The number of rotatable bonds is 12. The molecule has 0 radical (unpaired) electrons. The van der Waals surface area contributed by atoms with Gasteiger partial charge in [-0.15, -0.1) is 0 Å². The molecule has 0 fully saturated rings. The highest BCUT2D eigenvalue weighted by atomic mass is 32.2. The lowest BCUT2D eigenvalue weighted by Gasteiger charge is -2.35. The average Bonchev–Trinajstić information content (AvgIpc) is 2.90. The van der Waals surface area contributed by atoms with E-state index in [9.17, 15) is 22.4 Å². The molecule has 0 spiro atoms. The van der Waals surface area contributed by atoms with E-state index in [0.29, 0.717) is 12.4 Å². The lowest BCUT2D eigenvalue weighted by molar-refractivity contribution is -0.140. The largest absolute Gasteiger partial charge is 0.494 e. The summed E-state index contributed by atoms with van der Waals surface area (Å²) in [5, 5.41) is 2.94. The zero-order chi connectivity index (χ0) is 30.2. The van der Waals surface area contributed by atoms with Crippen molar-refractivity contribution in [1.29, 1.82) is 0 Å². The number of nitrogens with one attached hydrogen (secondary N) is 1. The topological polar surface area (TPSA) is 96.0 Å². The molecule has 8 nitrogen and oxygen atoms in total. The maximum absolute atomic E-state index is 14.8. The van der Waals surface area contributed by atoms with Gasteiger partial charge in [-0.1, -0.05) is 48.5 Å². The number of amides is 2. The minimum absolute atomic E-state index is 0.144. The van der Waals surface area contributed by atoms with E-state index in [4.69, 9.17) is 4.74 Å². The number of carbonyl (C=O) groups excluding carboxylic acids is 2. The standard InChI is InChI=1S/C31H38FN3O5S/c1-6-40-26-18-16-25(17-19-26)35(41(5,38)39)22-29(36)34(21-24-14-10-11-15-27(24)32)28(30(37)33-31(2,3)4)20-23-12-8-7-9-13-23/h7-19,28H,6,20-22H2,1-5H3,(H,33,37)/t28-/m1/s1. The van der Waals surface area contributed by atoms with Crippen molar-refractivity contribution in [3.05, 3.63) is 95.8 Å². The van der Waals surface area contributed by atoms with E-state index in [2.05, 4.69) is 5.32 Å². The highest BCUT2D eigenvalue weighted by Crippen LogP contribution is 2.24. The molecule has 0 aliphatic rings. The van der Waals surface area contributed by atoms with Crippen LogP contribution in [0.2, 0.25) is 0 Å². The molecule has 0 unspecified atom stereocenters. The Morgan fingerprint density at radius 3 is 2.12 bits per heavy atom. The van der Waals surface area contributed by atoms with Gasteiger partial charge in [0.05, 0.1) is 18.6 Å². The molecule has 2 amide bonds. The molecule has 3 aromatic rings. The molecule has 0 aliphatic carbocycles. The molecule has 41 heavy (non-hydrogen) atoms. The second-order valence-corrected chi connectivity index (χ2v) is 12.7. The van der Waals surface area contributed by atoms with Crippen LogP contribution in [0.25, 0.3) is 0 Å². The molecule has 0 saturated carbocycles. The summed E-state index contributed by atoms with van der Waals surface area (Å²) < 4.78 is 47.0. The van der Waals surface area contributed by atoms with Crippen molar-refractivity contribution in [3.63, 3.8) is 0 Å². The number of halogens is 1. The van der Waals surface area contributed by atoms with Gasteiger partial charge in [-0.2, -0.15) is 0 Å². The molecule has 1 atom stereocenters. The molecule has 1 N–H and O–H groups in total. The maximum Gasteiger partial charge on any atom is 0.244 e. The molecule has 0 aliphatic heterocycles. The van der Waals surface area contributed by atoms with Crippen molar-refractivity contribution in [2.45, 2.75) is 52.2 Å². The fourth-order valence-corrected chi connectivity index (χ4v) is 5.16. The zero-order valence-electron chi connectivity index (χ0n) is 24.1. The van der Waals surface area contributed by atoms with Gasteiger partial charge in [0, 0.05) is 24.1 Å². The second kappa shape index (κ2) is 13.6. The summed E-state index contributed by atoms with van der Waals surface area (Å²) in [6.45, 7) is 6.93. The Hall–Kier alpha value is -3.92. The Morgan fingerprint density at radius 1 is 0.951 bits per heavy atom. The summed E-state index contributed by atoms with van der Waals surface area (Å²) in [6, 6.07) is 20.5. The Kier molecular flexibility index (Phi) is 10.5. The van der Waals surface area contributed by atoms with Gasteiger partial charge in [-0.25, -0.2) is 12.8 Å². The number of hydrogen-bond acceptors (Lipinski definition) is 5. The first-order chi connectivity index (χ1) is 19.3. The summed E-state index contributed by atoms with van der Waals surface area (Å²) in [5.74, 6) is -1.07. The molecule has 0 aromatic heterocycles. The minimum atomic E-state index is -3.92. The lowest BCUT2D eigenvalue weighted by Crippen LogP contribution is -2.56. The van der Waals surface area contributed by atoms with Crippen LogP contribution in [0.1, 0.15) is 38.8 Å². The number of benzene rings is 3. The summed E-state index contributed by atoms with van der Waals surface area (Å²) in [4.78, 5) is 29.0. The summed E-state index contributed by atoms with van der Waals surface area (Å²) in [5.41, 5.74) is 0.641. The van der Waals surface area contributed by atoms with Crippen molar-refractivity contribution in [2.24, 2.45) is 0 Å². The number of carbonyl (C=O) groups is 2. The molecule has 3 aromatic carbocycles. The molecule has 10 heteroatoms. The van der Waals surface area contributed by atoms with E-state index in [-0.39, 0.29) is 24.2 Å². The first-order valence-corrected chi connectivity index (χ1v) is 15.2. The van der Waals surface area contributed by atoms with Gasteiger partial charge in [0.15, 0.2) is 0 Å². The first kappa shape index (κ1) is 31.6. The average molecular weight is 584 g/mol. The van der Waals surface area contributed by atoms with E-state index in [0.717, 1.165) is 16.1 Å². The maximum atomic E-state index is 14.8. The minimum Gasteiger partial charge on any atom is -0.494 e. The van der Waals surface area contributed by atoms with Crippen LogP contribution in [-0.2, 0) is 32.6 Å². The predicted molar refractivity (Wildman–Crippen MR) is 159 cm³/mol. The van der Waals surface area contributed by atoms with Crippen molar-refractivity contribution < 1.29 is 27.1 Å². The van der Waals surface area contributed by atoms with Crippen LogP contribution in [0.15, 0.2) is 78.9 Å². The smallest absolute Gasteiger partial charge is 0.244 e. The van der Waals surface area contributed by atoms with Gasteiger partial charge in [-0.05, 0) is 63.6 Å². The summed E-state index contributed by atoms with van der Waals surface area (Å²) >= 11 is 0. The lowest BCUT2D eigenvalue weighted by atomic mass is 10.0. The SMILES string of the molecule is CCOc1ccc(N(CC(=O)N(Cc2ccccc2F)[C@H](Cc2ccccc2)C(=O)NC(C)(C)C)S(C)(=O)=O)cc1. The Bertz CT molecular complexity index is 1420. The van der Waals surface area contributed by atoms with Crippen molar-refractivity contribution in [2.75, 3.05) is 23.7 Å². The molecule has 0 saturated heterocycles. The van der Waals surface area contributed by atoms with Crippen LogP contribution >= 0.6 is 0 Å². The van der Waals surface area contributed by atoms with Crippen LogP contribution in [-0.4, -0.2) is 56.1 Å². The van der Waals surface area contributed by atoms with Crippen molar-refractivity contribution in [3.8, 4) is 5.75 Å². The number of ether oxygens (including phenoxy) is 1. The Balaban J connectivity index is 2.06. The molecular weight excluding hydrogens is 545 g/mol. The third-order valence-electron chi connectivity index (χ3n) is 6.18. The van der Waals surface area contributed by atoms with Gasteiger partial charge in [-0.3, -0.25) is 13.9 Å². The molecule has 220 valence electrons. The second-order valence-electron chi connectivity index (χ2n) is 10.8. The van der Waals surface area contributed by atoms with E-state index in [1.54, 1.807) is 30.3 Å². The first-order valence-electron chi connectivity index (χ1n) is 13.4. The van der Waals surface area contributed by atoms with Gasteiger partial charge in [0.2, 0.25) is 21.8 Å². The zero-order valence-corrected chi connectivity index (χ0v) is 24.9. The van der Waals surface area contributed by atoms with Crippen molar-refractivity contribution >= 4 is 27.5 Å². The normalized spacial score (nSPS) is 12.3. The third kappa shape index (κ3) is 9.31. The number of hydrogen-bond donors (Lipinski definition) is 1. The fraction of sp³-hybridized carbons (Fsp3) is 0.355.